The summed E-state index contributed by atoms with van der Waals surface area (Å²) in [5, 5.41) is 3.53. The monoisotopic (exact) mass is 217 g/mol. The van der Waals surface area contributed by atoms with Gasteiger partial charge in [-0.1, -0.05) is 50.1 Å². The number of nitrogens with one attached hydrogen (secondary N) is 1. The summed E-state index contributed by atoms with van der Waals surface area (Å²) in [6.07, 6.45) is 2.67. The molecule has 1 heteroatoms. The maximum atomic E-state index is 3.53. The van der Waals surface area contributed by atoms with Gasteiger partial charge in [-0.3, -0.25) is 0 Å². The summed E-state index contributed by atoms with van der Waals surface area (Å²) in [6, 6.07) is 9.13. The third kappa shape index (κ3) is 2.01. The normalized spacial score (nSPS) is 28.1. The van der Waals surface area contributed by atoms with Crippen molar-refractivity contribution >= 4 is 0 Å². The fraction of sp³-hybridized carbons (Fsp3) is 0.600. The van der Waals surface area contributed by atoms with Gasteiger partial charge in [0, 0.05) is 12.0 Å². The van der Waals surface area contributed by atoms with E-state index in [1.165, 1.54) is 24.0 Å². The van der Waals surface area contributed by atoms with Crippen molar-refractivity contribution in [3.8, 4) is 0 Å². The summed E-state index contributed by atoms with van der Waals surface area (Å²) in [6.45, 7) is 8.87. The standard InChI is InChI=1S/C15H23N/c1-4-13-10-15(13,11-16-5-2)14-8-6-12(3)7-9-14/h6-9,13,16H,4-5,10-11H2,1-3H3. The highest BCUT2D eigenvalue weighted by Crippen LogP contribution is 2.55. The Balaban J connectivity index is 2.17. The fourth-order valence-electron chi connectivity index (χ4n) is 2.82. The summed E-state index contributed by atoms with van der Waals surface area (Å²) >= 11 is 0. The topological polar surface area (TPSA) is 12.0 Å². The molecular formula is C15H23N. The molecule has 0 bridgehead atoms. The summed E-state index contributed by atoms with van der Waals surface area (Å²) in [7, 11) is 0. The van der Waals surface area contributed by atoms with Crippen LogP contribution in [-0.2, 0) is 5.41 Å². The molecule has 16 heavy (non-hydrogen) atoms. The number of hydrogen-bond acceptors (Lipinski definition) is 1. The Kier molecular flexibility index (Phi) is 3.34. The highest BCUT2D eigenvalue weighted by Gasteiger charge is 2.53. The van der Waals surface area contributed by atoms with Gasteiger partial charge < -0.3 is 5.32 Å². The van der Waals surface area contributed by atoms with Crippen LogP contribution in [-0.4, -0.2) is 13.1 Å². The van der Waals surface area contributed by atoms with Gasteiger partial charge in [-0.2, -0.15) is 0 Å². The van der Waals surface area contributed by atoms with Gasteiger partial charge >= 0.3 is 0 Å². The van der Waals surface area contributed by atoms with Crippen molar-refractivity contribution in [2.24, 2.45) is 5.92 Å². The zero-order valence-electron chi connectivity index (χ0n) is 10.7. The Hall–Kier alpha value is -0.820. The van der Waals surface area contributed by atoms with Crippen LogP contribution < -0.4 is 5.32 Å². The molecule has 1 nitrogen and oxygen atoms in total. The first kappa shape index (κ1) is 11.7. The molecule has 0 aliphatic heterocycles. The first-order valence-electron chi connectivity index (χ1n) is 6.50. The Morgan fingerprint density at radius 1 is 1.25 bits per heavy atom. The second kappa shape index (κ2) is 4.58. The molecular weight excluding hydrogens is 194 g/mol. The molecule has 1 N–H and O–H groups in total. The van der Waals surface area contributed by atoms with Crippen molar-refractivity contribution in [2.45, 2.75) is 39.0 Å². The van der Waals surface area contributed by atoms with Crippen molar-refractivity contribution in [1.82, 2.24) is 5.32 Å². The molecule has 1 aromatic carbocycles. The lowest BCUT2D eigenvalue weighted by Crippen LogP contribution is -2.28. The van der Waals surface area contributed by atoms with E-state index in [-0.39, 0.29) is 0 Å². The molecule has 0 spiro atoms. The minimum atomic E-state index is 0.443. The molecule has 0 heterocycles. The average Bonchev–Trinajstić information content (AvgIpc) is 3.02. The van der Waals surface area contributed by atoms with E-state index >= 15 is 0 Å². The van der Waals surface area contributed by atoms with E-state index in [1.807, 2.05) is 0 Å². The van der Waals surface area contributed by atoms with E-state index in [9.17, 15) is 0 Å². The summed E-state index contributed by atoms with van der Waals surface area (Å²) in [4.78, 5) is 0. The quantitative estimate of drug-likeness (QED) is 0.798. The summed E-state index contributed by atoms with van der Waals surface area (Å²) in [5.41, 5.74) is 3.33. The van der Waals surface area contributed by atoms with Crippen molar-refractivity contribution in [3.05, 3.63) is 35.4 Å². The summed E-state index contributed by atoms with van der Waals surface area (Å²) < 4.78 is 0. The van der Waals surface area contributed by atoms with E-state index in [1.54, 1.807) is 0 Å². The van der Waals surface area contributed by atoms with E-state index in [2.05, 4.69) is 50.4 Å². The Morgan fingerprint density at radius 3 is 2.44 bits per heavy atom. The Labute approximate surface area is 99.3 Å². The van der Waals surface area contributed by atoms with Crippen molar-refractivity contribution in [2.75, 3.05) is 13.1 Å². The first-order valence-corrected chi connectivity index (χ1v) is 6.50. The van der Waals surface area contributed by atoms with Gasteiger partial charge in [0.2, 0.25) is 0 Å². The van der Waals surface area contributed by atoms with Crippen LogP contribution >= 0.6 is 0 Å². The minimum absolute atomic E-state index is 0.443. The SMILES string of the molecule is CCNCC1(c2ccc(C)cc2)CC1CC. The molecule has 0 amide bonds. The molecule has 88 valence electrons. The number of likely N-dealkylation sites (N-methyl/N-ethyl adjacent to an activating group) is 1. The van der Waals surface area contributed by atoms with Crippen molar-refractivity contribution in [3.63, 3.8) is 0 Å². The van der Waals surface area contributed by atoms with Crippen LogP contribution in [0, 0.1) is 12.8 Å². The van der Waals surface area contributed by atoms with Gasteiger partial charge in [-0.25, -0.2) is 0 Å². The second-order valence-corrected chi connectivity index (χ2v) is 5.11. The van der Waals surface area contributed by atoms with E-state index in [4.69, 9.17) is 0 Å². The lowest BCUT2D eigenvalue weighted by molar-refractivity contribution is 0.534. The zero-order valence-corrected chi connectivity index (χ0v) is 10.7. The van der Waals surface area contributed by atoms with E-state index in [0.717, 1.165) is 19.0 Å². The predicted molar refractivity (Wildman–Crippen MR) is 69.8 cm³/mol. The Bertz CT molecular complexity index is 341. The van der Waals surface area contributed by atoms with Gasteiger partial charge in [0.05, 0.1) is 0 Å². The number of hydrogen-bond donors (Lipinski definition) is 1. The van der Waals surface area contributed by atoms with E-state index < -0.39 is 0 Å². The molecule has 2 rings (SSSR count). The molecule has 0 aromatic heterocycles. The Morgan fingerprint density at radius 2 is 1.94 bits per heavy atom. The molecule has 0 radical (unpaired) electrons. The average molecular weight is 217 g/mol. The van der Waals surface area contributed by atoms with Crippen LogP contribution in [0.3, 0.4) is 0 Å². The maximum Gasteiger partial charge on any atom is 0.0109 e. The molecule has 1 fully saturated rings. The molecule has 2 unspecified atom stereocenters. The first-order chi connectivity index (χ1) is 7.73. The maximum absolute atomic E-state index is 3.53. The van der Waals surface area contributed by atoms with Crippen molar-refractivity contribution < 1.29 is 0 Å². The molecule has 0 saturated heterocycles. The lowest BCUT2D eigenvalue weighted by Gasteiger charge is -2.18. The molecule has 1 saturated carbocycles. The fourth-order valence-corrected chi connectivity index (χ4v) is 2.82. The van der Waals surface area contributed by atoms with Crippen LogP contribution in [0.1, 0.15) is 37.8 Å². The van der Waals surface area contributed by atoms with Gasteiger partial charge in [-0.15, -0.1) is 0 Å². The third-order valence-electron chi connectivity index (χ3n) is 4.04. The summed E-state index contributed by atoms with van der Waals surface area (Å²) in [5.74, 6) is 0.884. The molecule has 1 aliphatic rings. The van der Waals surface area contributed by atoms with Crippen LogP contribution in [0.4, 0.5) is 0 Å². The molecule has 2 atom stereocenters. The highest BCUT2D eigenvalue weighted by molar-refractivity contribution is 5.36. The van der Waals surface area contributed by atoms with E-state index in [0.29, 0.717) is 5.41 Å². The smallest absolute Gasteiger partial charge is 0.0109 e. The van der Waals surface area contributed by atoms with Gasteiger partial charge in [0.25, 0.3) is 0 Å². The number of aryl methyl sites for hydroxylation is 1. The minimum Gasteiger partial charge on any atom is -0.316 e. The molecule has 1 aromatic rings. The number of rotatable bonds is 5. The van der Waals surface area contributed by atoms with Crippen LogP contribution in [0.5, 0.6) is 0 Å². The van der Waals surface area contributed by atoms with Gasteiger partial charge in [-0.05, 0) is 31.4 Å². The third-order valence-corrected chi connectivity index (χ3v) is 4.04. The van der Waals surface area contributed by atoms with Crippen LogP contribution in [0.15, 0.2) is 24.3 Å². The van der Waals surface area contributed by atoms with Crippen LogP contribution in [0.2, 0.25) is 0 Å². The van der Waals surface area contributed by atoms with Crippen molar-refractivity contribution in [1.29, 1.82) is 0 Å². The predicted octanol–water partition coefficient (Wildman–Crippen LogP) is 3.27. The second-order valence-electron chi connectivity index (χ2n) is 5.11. The number of benzene rings is 1. The molecule has 1 aliphatic carbocycles. The van der Waals surface area contributed by atoms with Crippen LogP contribution in [0.25, 0.3) is 0 Å². The van der Waals surface area contributed by atoms with Gasteiger partial charge in [0.15, 0.2) is 0 Å². The largest absolute Gasteiger partial charge is 0.316 e. The highest BCUT2D eigenvalue weighted by atomic mass is 14.9. The zero-order chi connectivity index (χ0) is 11.6. The van der Waals surface area contributed by atoms with Gasteiger partial charge in [0.1, 0.15) is 0 Å². The lowest BCUT2D eigenvalue weighted by atomic mass is 9.91.